The molecule has 3 rings (SSSR count). The Labute approximate surface area is 172 Å². The van der Waals surface area contributed by atoms with E-state index in [0.29, 0.717) is 30.8 Å². The van der Waals surface area contributed by atoms with Crippen molar-refractivity contribution in [3.8, 4) is 0 Å². The number of para-hydroxylation sites is 1. The predicted molar refractivity (Wildman–Crippen MR) is 114 cm³/mol. The molecule has 1 atom stereocenters. The minimum atomic E-state index is -3.75. The van der Waals surface area contributed by atoms with Crippen LogP contribution in [0.1, 0.15) is 29.8 Å². The lowest BCUT2D eigenvalue weighted by molar-refractivity contribution is 0.0953. The van der Waals surface area contributed by atoms with Crippen molar-refractivity contribution in [3.63, 3.8) is 0 Å². The van der Waals surface area contributed by atoms with Gasteiger partial charge >= 0.3 is 0 Å². The van der Waals surface area contributed by atoms with Gasteiger partial charge in [0.2, 0.25) is 0 Å². The van der Waals surface area contributed by atoms with E-state index in [9.17, 15) is 13.2 Å². The molecule has 0 spiro atoms. The molecule has 1 aliphatic heterocycles. The number of hydrogen-bond donors (Lipinski definition) is 2. The quantitative estimate of drug-likeness (QED) is 0.671. The largest absolute Gasteiger partial charge is 0.351 e. The molecule has 152 valence electrons. The highest BCUT2D eigenvalue weighted by molar-refractivity contribution is 7.92. The number of amides is 1. The average Bonchev–Trinajstić information content (AvgIpc) is 3.01. The topological polar surface area (TPSA) is 78.5 Å². The molecule has 0 bridgehead atoms. The van der Waals surface area contributed by atoms with Gasteiger partial charge in [0, 0.05) is 24.7 Å². The first-order chi connectivity index (χ1) is 12.9. The van der Waals surface area contributed by atoms with Crippen molar-refractivity contribution in [1.82, 2.24) is 10.6 Å². The molecular weight excluding hydrogens is 398 g/mol. The lowest BCUT2D eigenvalue weighted by atomic mass is 10.1. The first kappa shape index (κ1) is 22.2. The van der Waals surface area contributed by atoms with E-state index >= 15 is 0 Å². The van der Waals surface area contributed by atoms with Crippen LogP contribution in [0.2, 0.25) is 0 Å². The zero-order valence-corrected chi connectivity index (χ0v) is 17.6. The molecule has 0 aliphatic carbocycles. The van der Waals surface area contributed by atoms with Crippen LogP contribution in [0, 0.1) is 0 Å². The van der Waals surface area contributed by atoms with Gasteiger partial charge in [-0.3, -0.25) is 9.10 Å². The van der Waals surface area contributed by atoms with Crippen LogP contribution in [-0.4, -0.2) is 40.0 Å². The molecule has 6 nitrogen and oxygen atoms in total. The van der Waals surface area contributed by atoms with Crippen molar-refractivity contribution in [2.75, 3.05) is 23.9 Å². The number of halogens is 1. The molecule has 0 fully saturated rings. The lowest BCUT2D eigenvalue weighted by Crippen LogP contribution is -2.36. The standard InChI is InChI=1S/C20H25N3O3S.ClH/c1-3-21-11-12-22-20(24)17-8-6-9-18(14-17)27(25,26)23-15(2)13-16-7-4-5-10-19(16)23;/h4-10,14-15,21H,3,11-13H2,1-2H3,(H,22,24);1H. The van der Waals surface area contributed by atoms with Crippen molar-refractivity contribution < 1.29 is 13.2 Å². The number of rotatable bonds is 7. The highest BCUT2D eigenvalue weighted by Crippen LogP contribution is 2.36. The summed E-state index contributed by atoms with van der Waals surface area (Å²) < 4.78 is 28.0. The van der Waals surface area contributed by atoms with Gasteiger partial charge in [-0.25, -0.2) is 8.42 Å². The first-order valence-electron chi connectivity index (χ1n) is 9.16. The van der Waals surface area contributed by atoms with Crippen molar-refractivity contribution >= 4 is 34.0 Å². The molecular formula is C20H26ClN3O3S. The molecule has 0 saturated carbocycles. The summed E-state index contributed by atoms with van der Waals surface area (Å²) in [5, 5.41) is 5.92. The van der Waals surface area contributed by atoms with Crippen molar-refractivity contribution in [1.29, 1.82) is 0 Å². The summed E-state index contributed by atoms with van der Waals surface area (Å²) in [6, 6.07) is 13.6. The Morgan fingerprint density at radius 3 is 2.64 bits per heavy atom. The fourth-order valence-corrected chi connectivity index (χ4v) is 5.10. The number of hydrogen-bond acceptors (Lipinski definition) is 4. The number of sulfonamides is 1. The summed E-state index contributed by atoms with van der Waals surface area (Å²) in [5.41, 5.74) is 2.07. The SMILES string of the molecule is CCNCCNC(=O)c1cccc(S(=O)(=O)N2c3ccccc3CC2C)c1.Cl. The molecule has 2 N–H and O–H groups in total. The number of likely N-dealkylation sites (N-methyl/N-ethyl adjacent to an activating group) is 1. The Morgan fingerprint density at radius 2 is 1.89 bits per heavy atom. The Bertz CT molecular complexity index is 934. The third kappa shape index (κ3) is 4.48. The smallest absolute Gasteiger partial charge is 0.264 e. The van der Waals surface area contributed by atoms with E-state index in [1.165, 1.54) is 10.4 Å². The number of nitrogens with zero attached hydrogens (tertiary/aromatic N) is 1. The summed E-state index contributed by atoms with van der Waals surface area (Å²) in [6.07, 6.45) is 0.681. The molecule has 0 radical (unpaired) electrons. The molecule has 0 aromatic heterocycles. The normalized spacial score (nSPS) is 15.6. The number of benzene rings is 2. The Hall–Kier alpha value is -2.09. The maximum Gasteiger partial charge on any atom is 0.264 e. The molecule has 2 aromatic carbocycles. The molecule has 0 saturated heterocycles. The zero-order valence-electron chi connectivity index (χ0n) is 16.0. The van der Waals surface area contributed by atoms with E-state index in [-0.39, 0.29) is 29.3 Å². The molecule has 8 heteroatoms. The van der Waals surface area contributed by atoms with E-state index < -0.39 is 10.0 Å². The van der Waals surface area contributed by atoms with Crippen LogP contribution in [0.15, 0.2) is 53.4 Å². The van der Waals surface area contributed by atoms with Gasteiger partial charge in [-0.2, -0.15) is 0 Å². The molecule has 28 heavy (non-hydrogen) atoms. The van der Waals surface area contributed by atoms with Gasteiger partial charge in [0.1, 0.15) is 0 Å². The van der Waals surface area contributed by atoms with Gasteiger partial charge in [-0.1, -0.05) is 31.2 Å². The summed E-state index contributed by atoms with van der Waals surface area (Å²) in [4.78, 5) is 12.5. The van der Waals surface area contributed by atoms with Crippen LogP contribution >= 0.6 is 12.4 Å². The number of carbonyl (C=O) groups excluding carboxylic acids is 1. The third-order valence-corrected chi connectivity index (χ3v) is 6.56. The van der Waals surface area contributed by atoms with Crippen molar-refractivity contribution in [2.45, 2.75) is 31.2 Å². The summed E-state index contributed by atoms with van der Waals surface area (Å²) in [6.45, 7) is 5.88. The Morgan fingerprint density at radius 1 is 1.14 bits per heavy atom. The maximum absolute atomic E-state index is 13.3. The van der Waals surface area contributed by atoms with Crippen LogP contribution in [0.3, 0.4) is 0 Å². The second kappa shape index (κ2) is 9.41. The number of fused-ring (bicyclic) bond motifs is 1. The highest BCUT2D eigenvalue weighted by Gasteiger charge is 2.36. The summed E-state index contributed by atoms with van der Waals surface area (Å²) in [7, 11) is -3.75. The average molecular weight is 424 g/mol. The van der Waals surface area contributed by atoms with Gasteiger partial charge in [0.05, 0.1) is 10.6 Å². The summed E-state index contributed by atoms with van der Waals surface area (Å²) in [5.74, 6) is -0.278. The number of carbonyl (C=O) groups is 1. The van der Waals surface area contributed by atoms with Crippen LogP contribution in [-0.2, 0) is 16.4 Å². The maximum atomic E-state index is 13.3. The molecule has 1 aliphatic rings. The van der Waals surface area contributed by atoms with E-state index in [4.69, 9.17) is 0 Å². The van der Waals surface area contributed by atoms with Crippen molar-refractivity contribution in [2.24, 2.45) is 0 Å². The van der Waals surface area contributed by atoms with Crippen LogP contribution in [0.5, 0.6) is 0 Å². The molecule has 1 unspecified atom stereocenters. The van der Waals surface area contributed by atoms with E-state index in [2.05, 4.69) is 10.6 Å². The zero-order chi connectivity index (χ0) is 19.4. The number of nitrogens with one attached hydrogen (secondary N) is 2. The first-order valence-corrected chi connectivity index (χ1v) is 10.6. The Kier molecular flexibility index (Phi) is 7.46. The minimum Gasteiger partial charge on any atom is -0.351 e. The van der Waals surface area contributed by atoms with E-state index in [1.807, 2.05) is 38.1 Å². The highest BCUT2D eigenvalue weighted by atomic mass is 35.5. The van der Waals surface area contributed by atoms with Crippen molar-refractivity contribution in [3.05, 3.63) is 59.7 Å². The fraction of sp³-hybridized carbons (Fsp3) is 0.350. The second-order valence-electron chi connectivity index (χ2n) is 6.62. The molecule has 1 amide bonds. The minimum absolute atomic E-state index is 0. The van der Waals surface area contributed by atoms with E-state index in [1.54, 1.807) is 18.2 Å². The fourth-order valence-electron chi connectivity index (χ4n) is 3.36. The molecule has 1 heterocycles. The van der Waals surface area contributed by atoms with Gasteiger partial charge in [0.15, 0.2) is 0 Å². The third-order valence-electron chi connectivity index (χ3n) is 4.64. The Balaban J connectivity index is 0.00000280. The predicted octanol–water partition coefficient (Wildman–Crippen LogP) is 2.59. The number of anilines is 1. The van der Waals surface area contributed by atoms with Gasteiger partial charge in [0.25, 0.3) is 15.9 Å². The van der Waals surface area contributed by atoms with Gasteiger partial charge < -0.3 is 10.6 Å². The van der Waals surface area contributed by atoms with Crippen LogP contribution in [0.4, 0.5) is 5.69 Å². The monoisotopic (exact) mass is 423 g/mol. The van der Waals surface area contributed by atoms with Gasteiger partial charge in [-0.15, -0.1) is 12.4 Å². The van der Waals surface area contributed by atoms with E-state index in [0.717, 1.165) is 12.1 Å². The summed E-state index contributed by atoms with van der Waals surface area (Å²) >= 11 is 0. The van der Waals surface area contributed by atoms with Gasteiger partial charge in [-0.05, 0) is 49.7 Å². The van der Waals surface area contributed by atoms with Crippen LogP contribution < -0.4 is 14.9 Å². The lowest BCUT2D eigenvalue weighted by Gasteiger charge is -2.24. The molecule has 2 aromatic rings. The second-order valence-corrected chi connectivity index (χ2v) is 8.43. The van der Waals surface area contributed by atoms with Crippen LogP contribution in [0.25, 0.3) is 0 Å².